The van der Waals surface area contributed by atoms with Gasteiger partial charge >= 0.3 is 6.09 Å². The van der Waals surface area contributed by atoms with Gasteiger partial charge in [-0.3, -0.25) is 20.0 Å². The van der Waals surface area contributed by atoms with E-state index in [9.17, 15) is 14.4 Å². The fourth-order valence-corrected chi connectivity index (χ4v) is 2.94. The number of nitrogens with zero attached hydrogens (tertiary/aromatic N) is 3. The molecule has 9 nitrogen and oxygen atoms in total. The predicted octanol–water partition coefficient (Wildman–Crippen LogP) is 1.99. The maximum Gasteiger partial charge on any atom is 0.413 e. The van der Waals surface area contributed by atoms with Crippen molar-refractivity contribution in [3.05, 3.63) is 29.8 Å². The Kier molecular flexibility index (Phi) is 8.00. The van der Waals surface area contributed by atoms with Crippen molar-refractivity contribution in [2.24, 2.45) is 0 Å². The number of benzene rings is 1. The number of imide groups is 1. The maximum atomic E-state index is 12.4. The number of rotatable bonds is 8. The standard InChI is InChI=1S/C18H23N5O4S/c1-4-23(10-14(24)19-18(26)27-5-2)15(25)11-28-17-20-16(21-22-17)13-8-6-12(3)7-9-13/h6-9H,4-5,10-11H2,1-3H3,(H,19,24,26)(H,20,21,22). The second-order valence-electron chi connectivity index (χ2n) is 5.80. The average molecular weight is 405 g/mol. The molecule has 0 atom stereocenters. The summed E-state index contributed by atoms with van der Waals surface area (Å²) in [6, 6.07) is 7.84. The number of ether oxygens (including phenoxy) is 1. The smallest absolute Gasteiger partial charge is 0.413 e. The number of alkyl carbamates (subject to hydrolysis) is 1. The molecule has 0 fully saturated rings. The number of thioether (sulfide) groups is 1. The molecule has 0 spiro atoms. The molecule has 0 aliphatic rings. The number of aryl methyl sites for hydroxylation is 1. The zero-order valence-electron chi connectivity index (χ0n) is 16.0. The van der Waals surface area contributed by atoms with Gasteiger partial charge in [0, 0.05) is 12.1 Å². The van der Waals surface area contributed by atoms with E-state index in [0.717, 1.165) is 11.1 Å². The van der Waals surface area contributed by atoms with Crippen molar-refractivity contribution in [1.82, 2.24) is 25.4 Å². The highest BCUT2D eigenvalue weighted by Gasteiger charge is 2.18. The summed E-state index contributed by atoms with van der Waals surface area (Å²) in [4.78, 5) is 41.1. The van der Waals surface area contributed by atoms with Gasteiger partial charge in [0.1, 0.15) is 6.54 Å². The van der Waals surface area contributed by atoms with Gasteiger partial charge in [-0.25, -0.2) is 9.78 Å². The number of amides is 3. The van der Waals surface area contributed by atoms with Gasteiger partial charge in [-0.1, -0.05) is 41.6 Å². The lowest BCUT2D eigenvalue weighted by atomic mass is 10.1. The highest BCUT2D eigenvalue weighted by molar-refractivity contribution is 7.99. The molecule has 1 aromatic carbocycles. The van der Waals surface area contributed by atoms with Crippen LogP contribution in [0.25, 0.3) is 11.4 Å². The number of nitrogens with one attached hydrogen (secondary N) is 2. The Morgan fingerprint density at radius 1 is 1.21 bits per heavy atom. The maximum absolute atomic E-state index is 12.4. The Morgan fingerprint density at radius 2 is 1.93 bits per heavy atom. The van der Waals surface area contributed by atoms with Crippen molar-refractivity contribution in [3.8, 4) is 11.4 Å². The van der Waals surface area contributed by atoms with E-state index in [-0.39, 0.29) is 24.8 Å². The monoisotopic (exact) mass is 405 g/mol. The van der Waals surface area contributed by atoms with Crippen LogP contribution in [0.5, 0.6) is 0 Å². The minimum atomic E-state index is -0.824. The summed E-state index contributed by atoms with van der Waals surface area (Å²) < 4.78 is 4.64. The zero-order chi connectivity index (χ0) is 20.5. The van der Waals surface area contributed by atoms with E-state index in [4.69, 9.17) is 0 Å². The van der Waals surface area contributed by atoms with Gasteiger partial charge in [0.05, 0.1) is 12.4 Å². The van der Waals surface area contributed by atoms with Gasteiger partial charge < -0.3 is 9.64 Å². The summed E-state index contributed by atoms with van der Waals surface area (Å²) in [6.45, 7) is 5.66. The van der Waals surface area contributed by atoms with Gasteiger partial charge in [0.25, 0.3) is 0 Å². The lowest BCUT2D eigenvalue weighted by molar-refractivity contribution is -0.133. The van der Waals surface area contributed by atoms with Crippen molar-refractivity contribution in [1.29, 1.82) is 0 Å². The predicted molar refractivity (Wildman–Crippen MR) is 105 cm³/mol. The summed E-state index contributed by atoms with van der Waals surface area (Å²) in [5.74, 6) is -0.159. The van der Waals surface area contributed by atoms with Gasteiger partial charge in [0.2, 0.25) is 17.0 Å². The SMILES string of the molecule is CCOC(=O)NC(=O)CN(CC)C(=O)CSc1n[nH]c(-c2ccc(C)cc2)n1. The summed E-state index contributed by atoms with van der Waals surface area (Å²) in [7, 11) is 0. The van der Waals surface area contributed by atoms with Crippen LogP contribution in [-0.2, 0) is 14.3 Å². The van der Waals surface area contributed by atoms with E-state index in [1.807, 2.05) is 31.2 Å². The van der Waals surface area contributed by atoms with Crippen molar-refractivity contribution in [2.75, 3.05) is 25.4 Å². The first-order valence-electron chi connectivity index (χ1n) is 8.79. The fourth-order valence-electron chi connectivity index (χ4n) is 2.24. The topological polar surface area (TPSA) is 117 Å². The van der Waals surface area contributed by atoms with E-state index in [1.165, 1.54) is 16.7 Å². The highest BCUT2D eigenvalue weighted by atomic mass is 32.2. The Labute approximate surface area is 167 Å². The molecule has 2 aromatic rings. The van der Waals surface area contributed by atoms with Crippen LogP contribution in [0.15, 0.2) is 29.4 Å². The van der Waals surface area contributed by atoms with E-state index >= 15 is 0 Å². The quantitative estimate of drug-likeness (QED) is 0.645. The average Bonchev–Trinajstić information content (AvgIpc) is 3.14. The van der Waals surface area contributed by atoms with Gasteiger partial charge in [-0.2, -0.15) is 0 Å². The molecule has 0 saturated carbocycles. The first kappa shape index (κ1) is 21.4. The summed E-state index contributed by atoms with van der Waals surface area (Å²) in [5, 5.41) is 9.47. The van der Waals surface area contributed by atoms with Crippen LogP contribution in [0, 0.1) is 6.92 Å². The first-order valence-corrected chi connectivity index (χ1v) is 9.78. The van der Waals surface area contributed by atoms with Crippen LogP contribution in [0.1, 0.15) is 19.4 Å². The number of likely N-dealkylation sites (N-methyl/N-ethyl adjacent to an activating group) is 1. The Morgan fingerprint density at radius 3 is 2.57 bits per heavy atom. The second kappa shape index (κ2) is 10.5. The molecule has 0 bridgehead atoms. The molecule has 2 rings (SSSR count). The van der Waals surface area contributed by atoms with Gasteiger partial charge in [-0.15, -0.1) is 5.10 Å². The molecular formula is C18H23N5O4S. The van der Waals surface area contributed by atoms with Crippen LogP contribution in [0.4, 0.5) is 4.79 Å². The number of aromatic amines is 1. The molecule has 1 aromatic heterocycles. The Bertz CT molecular complexity index is 822. The molecule has 0 radical (unpaired) electrons. The van der Waals surface area contributed by atoms with E-state index in [1.54, 1.807) is 13.8 Å². The molecule has 1 heterocycles. The third-order valence-electron chi connectivity index (χ3n) is 3.70. The fraction of sp³-hybridized carbons (Fsp3) is 0.389. The van der Waals surface area contributed by atoms with E-state index in [2.05, 4.69) is 25.2 Å². The molecule has 0 unspecified atom stereocenters. The van der Waals surface area contributed by atoms with Crippen LogP contribution < -0.4 is 5.32 Å². The lowest BCUT2D eigenvalue weighted by Crippen LogP contribution is -2.43. The van der Waals surface area contributed by atoms with Crippen molar-refractivity contribution >= 4 is 29.7 Å². The third-order valence-corrected chi connectivity index (χ3v) is 4.53. The molecule has 10 heteroatoms. The van der Waals surface area contributed by atoms with Crippen LogP contribution in [0.3, 0.4) is 0 Å². The summed E-state index contributed by atoms with van der Waals surface area (Å²) >= 11 is 1.17. The van der Waals surface area contributed by atoms with Gasteiger partial charge in [0.15, 0.2) is 5.82 Å². The zero-order valence-corrected chi connectivity index (χ0v) is 16.8. The summed E-state index contributed by atoms with van der Waals surface area (Å²) in [6.07, 6.45) is -0.824. The highest BCUT2D eigenvalue weighted by Crippen LogP contribution is 2.19. The largest absolute Gasteiger partial charge is 0.450 e. The Hall–Kier alpha value is -2.88. The van der Waals surface area contributed by atoms with Crippen molar-refractivity contribution in [2.45, 2.75) is 25.9 Å². The molecule has 150 valence electrons. The number of carbonyl (C=O) groups excluding carboxylic acids is 3. The molecule has 2 N–H and O–H groups in total. The van der Waals surface area contributed by atoms with Crippen LogP contribution in [0.2, 0.25) is 0 Å². The number of H-pyrrole nitrogens is 1. The van der Waals surface area contributed by atoms with E-state index < -0.39 is 12.0 Å². The van der Waals surface area contributed by atoms with E-state index in [0.29, 0.717) is 17.5 Å². The van der Waals surface area contributed by atoms with Crippen molar-refractivity contribution in [3.63, 3.8) is 0 Å². The van der Waals surface area contributed by atoms with Crippen LogP contribution >= 0.6 is 11.8 Å². The number of hydrogen-bond donors (Lipinski definition) is 2. The summed E-state index contributed by atoms with van der Waals surface area (Å²) in [5.41, 5.74) is 2.05. The molecule has 0 aliphatic heterocycles. The molecule has 0 saturated heterocycles. The normalized spacial score (nSPS) is 10.4. The number of aromatic nitrogens is 3. The third kappa shape index (κ3) is 6.38. The van der Waals surface area contributed by atoms with Crippen LogP contribution in [-0.4, -0.2) is 63.4 Å². The minimum absolute atomic E-state index is 0.0751. The molecule has 3 amide bonds. The number of hydrogen-bond acceptors (Lipinski definition) is 7. The molecule has 28 heavy (non-hydrogen) atoms. The molecular weight excluding hydrogens is 382 g/mol. The Balaban J connectivity index is 1.87. The number of carbonyl (C=O) groups is 3. The van der Waals surface area contributed by atoms with Gasteiger partial charge in [-0.05, 0) is 20.8 Å². The van der Waals surface area contributed by atoms with Crippen molar-refractivity contribution < 1.29 is 19.1 Å². The second-order valence-corrected chi connectivity index (χ2v) is 6.74. The first-order chi connectivity index (χ1) is 13.4. The minimum Gasteiger partial charge on any atom is -0.450 e. The molecule has 0 aliphatic carbocycles. The lowest BCUT2D eigenvalue weighted by Gasteiger charge is -2.19.